The van der Waals surface area contributed by atoms with Crippen LogP contribution in [0.25, 0.3) is 0 Å². The van der Waals surface area contributed by atoms with Crippen molar-refractivity contribution in [3.8, 4) is 0 Å². The molecule has 11 heteroatoms. The van der Waals surface area contributed by atoms with Crippen molar-refractivity contribution < 1.29 is 49.3 Å². The second-order valence-corrected chi connectivity index (χ2v) is 22.8. The molecular weight excluding hydrogens is 1010 g/mol. The third-order valence-electron chi connectivity index (χ3n) is 15.3. The van der Waals surface area contributed by atoms with Crippen LogP contribution in [0.2, 0.25) is 0 Å². The van der Waals surface area contributed by atoms with Gasteiger partial charge in [-0.05, 0) is 103 Å². The number of hydrogen-bond donors (Lipinski definition) is 6. The summed E-state index contributed by atoms with van der Waals surface area (Å²) >= 11 is 0. The van der Waals surface area contributed by atoms with Crippen LogP contribution in [0.5, 0.6) is 0 Å². The second-order valence-electron chi connectivity index (χ2n) is 22.8. The van der Waals surface area contributed by atoms with E-state index in [9.17, 15) is 35.1 Å². The molecule has 1 rings (SSSR count). The topological polar surface area (TPSA) is 175 Å². The molecule has 0 saturated carbocycles. The van der Waals surface area contributed by atoms with Crippen molar-refractivity contribution in [2.45, 2.75) is 333 Å². The minimum Gasteiger partial charge on any atom is -0.454 e. The van der Waals surface area contributed by atoms with E-state index in [2.05, 4.69) is 99.0 Å². The van der Waals surface area contributed by atoms with Gasteiger partial charge in [-0.25, -0.2) is 0 Å². The maximum absolute atomic E-state index is 13.5. The number of unbranched alkanes of at least 4 members (excludes halogenated alkanes) is 30. The first-order valence-electron chi connectivity index (χ1n) is 33.4. The molecule has 81 heavy (non-hydrogen) atoms. The van der Waals surface area contributed by atoms with Crippen molar-refractivity contribution >= 4 is 11.9 Å². The fourth-order valence-corrected chi connectivity index (χ4v) is 9.96. The molecule has 0 aromatic carbocycles. The number of esters is 1. The number of amides is 1. The molecule has 6 N–H and O–H groups in total. The monoisotopic (exact) mass is 1140 g/mol. The first-order chi connectivity index (χ1) is 39.7. The highest BCUT2D eigenvalue weighted by atomic mass is 16.7. The first-order valence-corrected chi connectivity index (χ1v) is 33.4. The summed E-state index contributed by atoms with van der Waals surface area (Å²) in [4.78, 5) is 26.6. The third kappa shape index (κ3) is 45.0. The molecule has 0 radical (unpaired) electrons. The van der Waals surface area contributed by atoms with Gasteiger partial charge in [0.15, 0.2) is 12.4 Å². The van der Waals surface area contributed by atoms with E-state index in [1.165, 1.54) is 135 Å². The van der Waals surface area contributed by atoms with Crippen molar-refractivity contribution in [2.24, 2.45) is 0 Å². The summed E-state index contributed by atoms with van der Waals surface area (Å²) < 4.78 is 17.6. The van der Waals surface area contributed by atoms with Crippen molar-refractivity contribution in [2.75, 3.05) is 13.2 Å². The van der Waals surface area contributed by atoms with Gasteiger partial charge in [0.25, 0.3) is 0 Å². The molecule has 0 spiro atoms. The summed E-state index contributed by atoms with van der Waals surface area (Å²) in [6.07, 6.45) is 64.8. The summed E-state index contributed by atoms with van der Waals surface area (Å²) in [6.45, 7) is 5.72. The van der Waals surface area contributed by atoms with Crippen molar-refractivity contribution in [1.82, 2.24) is 5.32 Å². The predicted octanol–water partition coefficient (Wildman–Crippen LogP) is 16.5. The van der Waals surface area contributed by atoms with Crippen molar-refractivity contribution in [3.05, 3.63) is 85.1 Å². The summed E-state index contributed by atoms with van der Waals surface area (Å²) in [5.74, 6) is -1.22. The molecule has 1 aliphatic heterocycles. The van der Waals surface area contributed by atoms with Crippen LogP contribution < -0.4 is 5.32 Å². The van der Waals surface area contributed by atoms with E-state index in [4.69, 9.17) is 14.2 Å². The number of hydrogen-bond acceptors (Lipinski definition) is 10. The molecule has 8 unspecified atom stereocenters. The lowest BCUT2D eigenvalue weighted by Crippen LogP contribution is -2.61. The quantitative estimate of drug-likeness (QED) is 0.0195. The normalized spacial score (nSPS) is 19.2. The first kappa shape index (κ1) is 75.9. The van der Waals surface area contributed by atoms with Crippen LogP contribution in [-0.2, 0) is 23.8 Å². The third-order valence-corrected chi connectivity index (χ3v) is 15.3. The molecule has 0 aliphatic carbocycles. The zero-order valence-corrected chi connectivity index (χ0v) is 51.9. The van der Waals surface area contributed by atoms with E-state index < -0.39 is 67.4 Å². The Balaban J connectivity index is 2.61. The highest BCUT2D eigenvalue weighted by molar-refractivity contribution is 5.80. The van der Waals surface area contributed by atoms with Crippen LogP contribution in [0.15, 0.2) is 85.1 Å². The molecule has 1 amide bonds. The summed E-state index contributed by atoms with van der Waals surface area (Å²) in [6, 6.07) is -1.03. The van der Waals surface area contributed by atoms with Gasteiger partial charge in [-0.15, -0.1) is 0 Å². The molecule has 1 heterocycles. The van der Waals surface area contributed by atoms with Crippen LogP contribution >= 0.6 is 0 Å². The summed E-state index contributed by atoms with van der Waals surface area (Å²) in [5.41, 5.74) is 0. The fourth-order valence-electron chi connectivity index (χ4n) is 9.96. The molecule has 0 bridgehead atoms. The predicted molar refractivity (Wildman–Crippen MR) is 338 cm³/mol. The zero-order chi connectivity index (χ0) is 58.9. The highest BCUT2D eigenvalue weighted by Gasteiger charge is 2.47. The molecule has 0 aromatic rings. The number of aliphatic hydroxyl groups excluding tert-OH is 5. The second kappa shape index (κ2) is 57.3. The lowest BCUT2D eigenvalue weighted by molar-refractivity contribution is -0.305. The van der Waals surface area contributed by atoms with Gasteiger partial charge < -0.3 is 45.1 Å². The summed E-state index contributed by atoms with van der Waals surface area (Å²) in [7, 11) is 0. The van der Waals surface area contributed by atoms with Crippen molar-refractivity contribution in [3.63, 3.8) is 0 Å². The van der Waals surface area contributed by atoms with E-state index in [0.29, 0.717) is 12.8 Å². The Hall–Kier alpha value is -3.16. The van der Waals surface area contributed by atoms with Crippen LogP contribution in [0.4, 0.5) is 0 Å². The molecule has 11 nitrogen and oxygen atoms in total. The fraction of sp³-hybridized carbons (Fsp3) is 0.771. The van der Waals surface area contributed by atoms with Gasteiger partial charge in [-0.1, -0.05) is 260 Å². The molecule has 1 fully saturated rings. The zero-order valence-electron chi connectivity index (χ0n) is 51.9. The molecule has 0 aromatic heterocycles. The van der Waals surface area contributed by atoms with Gasteiger partial charge in [0, 0.05) is 6.42 Å². The number of aliphatic hydroxyl groups is 5. The standard InChI is InChI=1S/C70H123NO10/c1-4-7-10-13-16-19-22-24-26-28-29-30-31-32-33-34-36-37-39-42-45-48-51-54-57-63(74)69(78)71-61(62(73)56-53-50-47-44-41-21-18-15-12-9-6-3)60-79-70-68(67(77)66(76)64(59-72)80-70)81-65(75)58-55-52-49-46-43-40-38-35-27-25-23-20-17-14-11-8-5-2/h16-17,19-20,24-27,29-30,38,40,53,56,61-64,66-68,70,72-74,76-77H,4-15,18,21-23,28,31-37,39,41-52,54-55,57-60H2,1-3H3,(H,71,78)/b19-16-,20-17-,26-24-,27-25-,30-29-,40-38-,56-53+. The Morgan fingerprint density at radius 3 is 1.30 bits per heavy atom. The lowest BCUT2D eigenvalue weighted by atomic mass is 9.99. The highest BCUT2D eigenvalue weighted by Crippen LogP contribution is 2.26. The number of rotatable bonds is 56. The Morgan fingerprint density at radius 2 is 0.852 bits per heavy atom. The molecule has 1 saturated heterocycles. The van der Waals surface area contributed by atoms with Crippen LogP contribution in [-0.4, -0.2) is 99.6 Å². The molecule has 8 atom stereocenters. The molecule has 1 aliphatic rings. The molecule has 468 valence electrons. The minimum atomic E-state index is -1.63. The maximum atomic E-state index is 13.5. The van der Waals surface area contributed by atoms with Gasteiger partial charge in [-0.3, -0.25) is 9.59 Å². The smallest absolute Gasteiger partial charge is 0.306 e. The van der Waals surface area contributed by atoms with Crippen molar-refractivity contribution in [1.29, 1.82) is 0 Å². The van der Waals surface area contributed by atoms with Crippen LogP contribution in [0.1, 0.15) is 284 Å². The van der Waals surface area contributed by atoms with Gasteiger partial charge in [-0.2, -0.15) is 0 Å². The number of nitrogens with one attached hydrogen (secondary N) is 1. The van der Waals surface area contributed by atoms with Crippen LogP contribution in [0, 0.1) is 0 Å². The molecular formula is C70H123NO10. The Morgan fingerprint density at radius 1 is 0.481 bits per heavy atom. The van der Waals surface area contributed by atoms with Gasteiger partial charge in [0.1, 0.15) is 24.4 Å². The van der Waals surface area contributed by atoms with Gasteiger partial charge in [0.05, 0.1) is 25.4 Å². The Bertz CT molecular complexity index is 1640. The summed E-state index contributed by atoms with van der Waals surface area (Å²) in [5, 5.41) is 57.1. The Labute approximate surface area is 495 Å². The number of carbonyl (C=O) groups is 2. The van der Waals surface area contributed by atoms with E-state index in [1.807, 2.05) is 6.08 Å². The maximum Gasteiger partial charge on any atom is 0.306 e. The SMILES string of the molecule is CCCCC/C=C\C/C=C\C/C=C\CCCCCCCCCCCCCC(O)C(=O)NC(COC1OC(CO)C(O)C(O)C1OC(=O)CCCCCC/C=C\C/C=C\C/C=C\CCCCC)C(O)/C=C/CCCCCCCCCCC. The lowest BCUT2D eigenvalue weighted by Gasteiger charge is -2.41. The largest absolute Gasteiger partial charge is 0.454 e. The van der Waals surface area contributed by atoms with Gasteiger partial charge >= 0.3 is 5.97 Å². The van der Waals surface area contributed by atoms with E-state index in [1.54, 1.807) is 6.08 Å². The average Bonchev–Trinajstić information content (AvgIpc) is 3.50. The van der Waals surface area contributed by atoms with Crippen LogP contribution in [0.3, 0.4) is 0 Å². The van der Waals surface area contributed by atoms with E-state index in [-0.39, 0.29) is 19.4 Å². The van der Waals surface area contributed by atoms with Gasteiger partial charge in [0.2, 0.25) is 5.91 Å². The Kier molecular flexibility index (Phi) is 53.6. The number of ether oxygens (including phenoxy) is 3. The van der Waals surface area contributed by atoms with E-state index in [0.717, 1.165) is 103 Å². The van der Waals surface area contributed by atoms with E-state index >= 15 is 0 Å². The minimum absolute atomic E-state index is 0.0952. The number of allylic oxidation sites excluding steroid dienone is 13. The number of carbonyl (C=O) groups excluding carboxylic acids is 2. The average molecular weight is 1140 g/mol.